The highest BCUT2D eigenvalue weighted by atomic mass is 32.1. The van der Waals surface area contributed by atoms with Crippen LogP contribution in [0.4, 0.5) is 14.5 Å². The summed E-state index contributed by atoms with van der Waals surface area (Å²) in [5, 5.41) is 7.79. The van der Waals surface area contributed by atoms with Crippen molar-refractivity contribution >= 4 is 34.8 Å². The Balaban J connectivity index is 1.72. The zero-order chi connectivity index (χ0) is 17.5. The Morgan fingerprint density at radius 3 is 2.54 bits per heavy atom. The minimum Gasteiger partial charge on any atom is -0.452 e. The number of halogens is 2. The fourth-order valence-electron chi connectivity index (χ4n) is 1.60. The van der Waals surface area contributed by atoms with Gasteiger partial charge in [-0.3, -0.25) is 9.59 Å². The van der Waals surface area contributed by atoms with Gasteiger partial charge in [-0.05, 0) is 23.6 Å². The molecule has 2 amide bonds. The summed E-state index contributed by atoms with van der Waals surface area (Å²) in [5.41, 5.74) is 0.390. The molecule has 0 atom stereocenters. The Morgan fingerprint density at radius 2 is 1.88 bits per heavy atom. The lowest BCUT2D eigenvalue weighted by atomic mass is 10.3. The molecule has 2 aromatic rings. The van der Waals surface area contributed by atoms with Crippen LogP contribution in [-0.4, -0.2) is 30.9 Å². The number of carbonyl (C=O) groups is 3. The fourth-order valence-corrected chi connectivity index (χ4v) is 2.23. The summed E-state index contributed by atoms with van der Waals surface area (Å²) < 4.78 is 30.5. The van der Waals surface area contributed by atoms with E-state index in [2.05, 4.69) is 10.6 Å². The summed E-state index contributed by atoms with van der Waals surface area (Å²) in [6, 6.07) is 4.42. The van der Waals surface area contributed by atoms with Crippen molar-refractivity contribution in [3.63, 3.8) is 0 Å². The first kappa shape index (κ1) is 17.5. The second-order valence-electron chi connectivity index (χ2n) is 4.54. The summed E-state index contributed by atoms with van der Waals surface area (Å²) in [6.07, 6.45) is 0. The number of nitrogens with one attached hydrogen (secondary N) is 2. The van der Waals surface area contributed by atoms with Gasteiger partial charge >= 0.3 is 5.97 Å². The van der Waals surface area contributed by atoms with Gasteiger partial charge in [0.2, 0.25) is 5.91 Å². The molecular formula is C15H12F2N2O4S. The lowest BCUT2D eigenvalue weighted by molar-refractivity contribution is -0.126. The van der Waals surface area contributed by atoms with Gasteiger partial charge in [-0.1, -0.05) is 0 Å². The number of thiophene rings is 1. The summed E-state index contributed by atoms with van der Waals surface area (Å²) in [7, 11) is 0. The van der Waals surface area contributed by atoms with Gasteiger partial charge in [-0.15, -0.1) is 0 Å². The van der Waals surface area contributed by atoms with Crippen molar-refractivity contribution in [1.29, 1.82) is 0 Å². The molecule has 2 rings (SSSR count). The zero-order valence-electron chi connectivity index (χ0n) is 12.2. The quantitative estimate of drug-likeness (QED) is 0.777. The maximum atomic E-state index is 13.0. The van der Waals surface area contributed by atoms with E-state index in [1.807, 2.05) is 0 Å². The normalized spacial score (nSPS) is 10.1. The van der Waals surface area contributed by atoms with Crippen molar-refractivity contribution in [3.8, 4) is 0 Å². The average molecular weight is 354 g/mol. The van der Waals surface area contributed by atoms with Crippen molar-refractivity contribution in [2.75, 3.05) is 18.5 Å². The first-order chi connectivity index (χ1) is 11.5. The lowest BCUT2D eigenvalue weighted by Gasteiger charge is -2.07. The summed E-state index contributed by atoms with van der Waals surface area (Å²) in [4.78, 5) is 34.6. The number of amides is 2. The lowest BCUT2D eigenvalue weighted by Crippen LogP contribution is -2.35. The molecule has 1 aromatic heterocycles. The monoisotopic (exact) mass is 354 g/mol. The number of carbonyl (C=O) groups excluding carboxylic acids is 3. The summed E-state index contributed by atoms with van der Waals surface area (Å²) in [5.74, 6) is -4.08. The second kappa shape index (κ2) is 8.16. The standard InChI is InChI=1S/C15H12F2N2O4S/c16-11-2-1-10(5-12(11)17)19-13(20)6-18-14(21)7-23-15(22)9-3-4-24-8-9/h1-5,8H,6-7H2,(H,18,21)(H,19,20). The zero-order valence-corrected chi connectivity index (χ0v) is 13.0. The second-order valence-corrected chi connectivity index (χ2v) is 5.32. The minimum absolute atomic E-state index is 0.0528. The number of ether oxygens (including phenoxy) is 1. The third-order valence-electron chi connectivity index (χ3n) is 2.74. The molecular weight excluding hydrogens is 342 g/mol. The van der Waals surface area contributed by atoms with Gasteiger partial charge in [-0.25, -0.2) is 13.6 Å². The predicted molar refractivity (Wildman–Crippen MR) is 82.6 cm³/mol. The van der Waals surface area contributed by atoms with Crippen LogP contribution in [-0.2, 0) is 14.3 Å². The maximum absolute atomic E-state index is 13.0. The van der Waals surface area contributed by atoms with E-state index in [4.69, 9.17) is 4.74 Å². The molecule has 24 heavy (non-hydrogen) atoms. The van der Waals surface area contributed by atoms with Crippen LogP contribution in [0.2, 0.25) is 0 Å². The van der Waals surface area contributed by atoms with Crippen molar-refractivity contribution < 1.29 is 27.9 Å². The van der Waals surface area contributed by atoms with Crippen LogP contribution in [0.1, 0.15) is 10.4 Å². The molecule has 0 saturated carbocycles. The summed E-state index contributed by atoms with van der Waals surface area (Å²) in [6.45, 7) is -0.943. The molecule has 9 heteroatoms. The molecule has 1 heterocycles. The van der Waals surface area contributed by atoms with Gasteiger partial charge in [0.15, 0.2) is 18.2 Å². The predicted octanol–water partition coefficient (Wildman–Crippen LogP) is 1.94. The number of esters is 1. The van der Waals surface area contributed by atoms with Crippen LogP contribution in [0.15, 0.2) is 35.0 Å². The molecule has 6 nitrogen and oxygen atoms in total. The van der Waals surface area contributed by atoms with Gasteiger partial charge in [-0.2, -0.15) is 11.3 Å². The highest BCUT2D eigenvalue weighted by Gasteiger charge is 2.12. The van der Waals surface area contributed by atoms with Crippen molar-refractivity contribution in [3.05, 3.63) is 52.2 Å². The Hall–Kier alpha value is -2.81. The van der Waals surface area contributed by atoms with Crippen LogP contribution in [0, 0.1) is 11.6 Å². The SMILES string of the molecule is O=C(COC(=O)c1ccsc1)NCC(=O)Nc1ccc(F)c(F)c1. The highest BCUT2D eigenvalue weighted by molar-refractivity contribution is 7.08. The van der Waals surface area contributed by atoms with E-state index >= 15 is 0 Å². The molecule has 0 unspecified atom stereocenters. The summed E-state index contributed by atoms with van der Waals surface area (Å²) >= 11 is 1.31. The van der Waals surface area contributed by atoms with Gasteiger partial charge in [0.05, 0.1) is 12.1 Å². The maximum Gasteiger partial charge on any atom is 0.339 e. The van der Waals surface area contributed by atoms with Crippen LogP contribution in [0.5, 0.6) is 0 Å². The Morgan fingerprint density at radius 1 is 1.08 bits per heavy atom. The Kier molecular flexibility index (Phi) is 5.96. The van der Waals surface area contributed by atoms with Crippen LogP contribution >= 0.6 is 11.3 Å². The molecule has 0 aliphatic rings. The molecule has 0 fully saturated rings. The van der Waals surface area contributed by atoms with E-state index < -0.39 is 42.6 Å². The molecule has 0 aliphatic carbocycles. The van der Waals surface area contributed by atoms with Gasteiger partial charge < -0.3 is 15.4 Å². The molecule has 0 aliphatic heterocycles. The molecule has 126 valence electrons. The molecule has 0 saturated heterocycles. The topological polar surface area (TPSA) is 84.5 Å². The van der Waals surface area contributed by atoms with Crippen LogP contribution < -0.4 is 10.6 Å². The minimum atomic E-state index is -1.10. The highest BCUT2D eigenvalue weighted by Crippen LogP contribution is 2.12. The average Bonchev–Trinajstić information content (AvgIpc) is 3.08. The number of hydrogen-bond acceptors (Lipinski definition) is 5. The van der Waals surface area contributed by atoms with Crippen molar-refractivity contribution in [2.24, 2.45) is 0 Å². The third kappa shape index (κ3) is 5.13. The Labute approximate surface area is 139 Å². The first-order valence-corrected chi connectivity index (χ1v) is 7.61. The number of anilines is 1. The van der Waals surface area contributed by atoms with Crippen molar-refractivity contribution in [2.45, 2.75) is 0 Å². The van der Waals surface area contributed by atoms with E-state index in [-0.39, 0.29) is 5.69 Å². The third-order valence-corrected chi connectivity index (χ3v) is 3.42. The van der Waals surface area contributed by atoms with Crippen LogP contribution in [0.25, 0.3) is 0 Å². The Bertz CT molecular complexity index is 750. The van der Waals surface area contributed by atoms with Gasteiger partial charge in [0.1, 0.15) is 0 Å². The molecule has 0 radical (unpaired) electrons. The van der Waals surface area contributed by atoms with Gasteiger partial charge in [0.25, 0.3) is 5.91 Å². The van der Waals surface area contributed by atoms with E-state index in [9.17, 15) is 23.2 Å². The molecule has 2 N–H and O–H groups in total. The van der Waals surface area contributed by atoms with E-state index in [0.29, 0.717) is 5.56 Å². The van der Waals surface area contributed by atoms with E-state index in [1.54, 1.807) is 16.8 Å². The molecule has 0 bridgehead atoms. The van der Waals surface area contributed by atoms with Crippen LogP contribution in [0.3, 0.4) is 0 Å². The van der Waals surface area contributed by atoms with Gasteiger partial charge in [0, 0.05) is 17.1 Å². The van der Waals surface area contributed by atoms with E-state index in [1.165, 1.54) is 17.4 Å². The van der Waals surface area contributed by atoms with E-state index in [0.717, 1.165) is 12.1 Å². The number of hydrogen-bond donors (Lipinski definition) is 2. The molecule has 0 spiro atoms. The number of benzene rings is 1. The molecule has 1 aromatic carbocycles. The number of rotatable bonds is 6. The smallest absolute Gasteiger partial charge is 0.339 e. The van der Waals surface area contributed by atoms with Crippen molar-refractivity contribution in [1.82, 2.24) is 5.32 Å². The first-order valence-electron chi connectivity index (χ1n) is 6.66. The fraction of sp³-hybridized carbons (Fsp3) is 0.133. The largest absolute Gasteiger partial charge is 0.452 e.